The SMILES string of the molecule is Cc1cnc(Cl)cc1Oc1ccccc1C(F)(F)F. The highest BCUT2D eigenvalue weighted by Gasteiger charge is 2.34. The van der Waals surface area contributed by atoms with Crippen molar-refractivity contribution < 1.29 is 17.9 Å². The summed E-state index contributed by atoms with van der Waals surface area (Å²) in [7, 11) is 0. The number of benzene rings is 1. The zero-order valence-corrected chi connectivity index (χ0v) is 10.6. The fourth-order valence-corrected chi connectivity index (χ4v) is 1.65. The Balaban J connectivity index is 2.41. The molecule has 0 bridgehead atoms. The van der Waals surface area contributed by atoms with Crippen LogP contribution < -0.4 is 4.74 Å². The van der Waals surface area contributed by atoms with Gasteiger partial charge in [0.25, 0.3) is 0 Å². The van der Waals surface area contributed by atoms with Crippen LogP contribution >= 0.6 is 11.6 Å². The maximum atomic E-state index is 12.8. The Morgan fingerprint density at radius 3 is 2.53 bits per heavy atom. The number of aryl methyl sites for hydroxylation is 1. The molecule has 0 N–H and O–H groups in total. The lowest BCUT2D eigenvalue weighted by Crippen LogP contribution is -2.07. The van der Waals surface area contributed by atoms with Crippen LogP contribution in [0.1, 0.15) is 11.1 Å². The number of halogens is 4. The minimum atomic E-state index is -4.47. The van der Waals surface area contributed by atoms with Crippen LogP contribution in [0.15, 0.2) is 36.5 Å². The number of pyridine rings is 1. The molecular formula is C13H9ClF3NO. The Morgan fingerprint density at radius 1 is 1.16 bits per heavy atom. The number of rotatable bonds is 2. The quantitative estimate of drug-likeness (QED) is 0.736. The number of alkyl halides is 3. The summed E-state index contributed by atoms with van der Waals surface area (Å²) in [5.41, 5.74) is -0.233. The zero-order chi connectivity index (χ0) is 14.0. The molecule has 0 saturated heterocycles. The molecule has 0 saturated carbocycles. The van der Waals surface area contributed by atoms with Gasteiger partial charge in [0.1, 0.15) is 16.7 Å². The molecule has 0 aliphatic carbocycles. The van der Waals surface area contributed by atoms with Gasteiger partial charge in [0.2, 0.25) is 0 Å². The molecular weight excluding hydrogens is 279 g/mol. The maximum absolute atomic E-state index is 12.8. The summed E-state index contributed by atoms with van der Waals surface area (Å²) in [6.07, 6.45) is -3.03. The molecule has 1 aromatic carbocycles. The number of hydrogen-bond acceptors (Lipinski definition) is 2. The molecule has 2 aromatic rings. The third kappa shape index (κ3) is 3.17. The summed E-state index contributed by atoms with van der Waals surface area (Å²) < 4.78 is 43.7. The molecule has 0 radical (unpaired) electrons. The highest BCUT2D eigenvalue weighted by Crippen LogP contribution is 2.38. The molecule has 0 unspecified atom stereocenters. The lowest BCUT2D eigenvalue weighted by atomic mass is 10.2. The molecule has 0 fully saturated rings. The van der Waals surface area contributed by atoms with Crippen molar-refractivity contribution in [2.24, 2.45) is 0 Å². The van der Waals surface area contributed by atoms with Gasteiger partial charge in [-0.3, -0.25) is 0 Å². The van der Waals surface area contributed by atoms with Crippen molar-refractivity contribution in [1.29, 1.82) is 0 Å². The van der Waals surface area contributed by atoms with E-state index in [1.54, 1.807) is 6.92 Å². The summed E-state index contributed by atoms with van der Waals surface area (Å²) in [5.74, 6) is -0.0166. The third-order valence-electron chi connectivity index (χ3n) is 2.43. The van der Waals surface area contributed by atoms with Crippen LogP contribution in [0.2, 0.25) is 5.15 Å². The van der Waals surface area contributed by atoms with Crippen molar-refractivity contribution in [1.82, 2.24) is 4.98 Å². The lowest BCUT2D eigenvalue weighted by molar-refractivity contribution is -0.138. The lowest BCUT2D eigenvalue weighted by Gasteiger charge is -2.14. The van der Waals surface area contributed by atoms with E-state index in [1.165, 1.54) is 30.5 Å². The molecule has 0 atom stereocenters. The summed E-state index contributed by atoms with van der Waals surface area (Å²) >= 11 is 5.70. The first-order valence-electron chi connectivity index (χ1n) is 5.34. The molecule has 1 heterocycles. The van der Waals surface area contributed by atoms with Crippen LogP contribution in [-0.2, 0) is 6.18 Å². The Hall–Kier alpha value is -1.75. The second kappa shape index (κ2) is 5.09. The van der Waals surface area contributed by atoms with E-state index in [9.17, 15) is 13.2 Å². The fourth-order valence-electron chi connectivity index (χ4n) is 1.50. The smallest absolute Gasteiger partial charge is 0.419 e. The van der Waals surface area contributed by atoms with Gasteiger partial charge in [-0.15, -0.1) is 0 Å². The average Bonchev–Trinajstić information content (AvgIpc) is 2.33. The molecule has 0 aliphatic heterocycles. The number of ether oxygens (including phenoxy) is 1. The summed E-state index contributed by atoms with van der Waals surface area (Å²) in [5, 5.41) is 0.157. The number of para-hydroxylation sites is 1. The van der Waals surface area contributed by atoms with Gasteiger partial charge in [-0.1, -0.05) is 23.7 Å². The Morgan fingerprint density at radius 2 is 1.84 bits per heavy atom. The van der Waals surface area contributed by atoms with E-state index >= 15 is 0 Å². The van der Waals surface area contributed by atoms with Gasteiger partial charge in [-0.2, -0.15) is 13.2 Å². The predicted octanol–water partition coefficient (Wildman–Crippen LogP) is 4.85. The summed E-state index contributed by atoms with van der Waals surface area (Å²) in [6, 6.07) is 6.39. The van der Waals surface area contributed by atoms with Crippen LogP contribution in [-0.4, -0.2) is 4.98 Å². The van der Waals surface area contributed by atoms with Gasteiger partial charge in [0.15, 0.2) is 0 Å². The first-order chi connectivity index (χ1) is 8.88. The van der Waals surface area contributed by atoms with E-state index in [0.29, 0.717) is 5.56 Å². The van der Waals surface area contributed by atoms with E-state index in [1.807, 2.05) is 0 Å². The van der Waals surface area contributed by atoms with Crippen molar-refractivity contribution >= 4 is 11.6 Å². The Labute approximate surface area is 112 Å². The number of nitrogens with zero attached hydrogens (tertiary/aromatic N) is 1. The van der Waals surface area contributed by atoms with Crippen molar-refractivity contribution in [3.8, 4) is 11.5 Å². The van der Waals surface area contributed by atoms with Crippen LogP contribution in [0.25, 0.3) is 0 Å². The summed E-state index contributed by atoms with van der Waals surface area (Å²) in [6.45, 7) is 1.68. The normalized spacial score (nSPS) is 11.4. The van der Waals surface area contributed by atoms with E-state index < -0.39 is 11.7 Å². The van der Waals surface area contributed by atoms with Gasteiger partial charge in [-0.05, 0) is 19.1 Å². The van der Waals surface area contributed by atoms with Gasteiger partial charge < -0.3 is 4.74 Å². The highest BCUT2D eigenvalue weighted by atomic mass is 35.5. The first kappa shape index (κ1) is 13.7. The van der Waals surface area contributed by atoms with Gasteiger partial charge >= 0.3 is 6.18 Å². The van der Waals surface area contributed by atoms with Crippen molar-refractivity contribution in [2.45, 2.75) is 13.1 Å². The molecule has 1 aromatic heterocycles. The molecule has 6 heteroatoms. The van der Waals surface area contributed by atoms with E-state index in [2.05, 4.69) is 4.98 Å². The molecule has 2 nitrogen and oxygen atoms in total. The van der Waals surface area contributed by atoms with Gasteiger partial charge in [-0.25, -0.2) is 4.98 Å². The second-order valence-corrected chi connectivity index (χ2v) is 4.26. The molecule has 0 amide bonds. The first-order valence-corrected chi connectivity index (χ1v) is 5.72. The molecule has 100 valence electrons. The van der Waals surface area contributed by atoms with E-state index in [0.717, 1.165) is 6.07 Å². The Bertz CT molecular complexity index is 599. The predicted molar refractivity (Wildman–Crippen MR) is 65.5 cm³/mol. The average molecular weight is 288 g/mol. The Kier molecular flexibility index (Phi) is 3.66. The van der Waals surface area contributed by atoms with Crippen molar-refractivity contribution in [3.63, 3.8) is 0 Å². The minimum absolute atomic E-state index is 0.157. The topological polar surface area (TPSA) is 22.1 Å². The van der Waals surface area contributed by atoms with E-state index in [4.69, 9.17) is 16.3 Å². The number of hydrogen-bond donors (Lipinski definition) is 0. The number of aromatic nitrogens is 1. The molecule has 19 heavy (non-hydrogen) atoms. The van der Waals surface area contributed by atoms with Crippen LogP contribution in [0.3, 0.4) is 0 Å². The van der Waals surface area contributed by atoms with Gasteiger partial charge in [0, 0.05) is 17.8 Å². The van der Waals surface area contributed by atoms with Crippen molar-refractivity contribution in [2.75, 3.05) is 0 Å². The van der Waals surface area contributed by atoms with E-state index in [-0.39, 0.29) is 16.7 Å². The maximum Gasteiger partial charge on any atom is 0.419 e. The largest absolute Gasteiger partial charge is 0.456 e. The van der Waals surface area contributed by atoms with Crippen LogP contribution in [0, 0.1) is 6.92 Å². The fraction of sp³-hybridized carbons (Fsp3) is 0.154. The van der Waals surface area contributed by atoms with Crippen molar-refractivity contribution in [3.05, 3.63) is 52.8 Å². The van der Waals surface area contributed by atoms with Gasteiger partial charge in [0.05, 0.1) is 5.56 Å². The summed E-state index contributed by atoms with van der Waals surface area (Å²) in [4.78, 5) is 3.82. The van der Waals surface area contributed by atoms with Crippen LogP contribution in [0.4, 0.5) is 13.2 Å². The molecule has 2 rings (SSSR count). The monoisotopic (exact) mass is 287 g/mol. The zero-order valence-electron chi connectivity index (χ0n) is 9.83. The van der Waals surface area contributed by atoms with Crippen LogP contribution in [0.5, 0.6) is 11.5 Å². The highest BCUT2D eigenvalue weighted by molar-refractivity contribution is 6.29. The second-order valence-electron chi connectivity index (χ2n) is 3.87. The minimum Gasteiger partial charge on any atom is -0.456 e. The third-order valence-corrected chi connectivity index (χ3v) is 2.64. The molecule has 0 spiro atoms. The molecule has 0 aliphatic rings. The standard InChI is InChI=1S/C13H9ClF3NO/c1-8-7-18-12(14)6-11(8)19-10-5-3-2-4-9(10)13(15,16)17/h2-7H,1H3.